The van der Waals surface area contributed by atoms with E-state index in [2.05, 4.69) is 21.0 Å². The zero-order valence-corrected chi connectivity index (χ0v) is 16.8. The van der Waals surface area contributed by atoms with E-state index in [1.165, 1.54) is 9.70 Å². The van der Waals surface area contributed by atoms with E-state index in [1.54, 1.807) is 6.92 Å². The van der Waals surface area contributed by atoms with Crippen molar-refractivity contribution in [3.05, 3.63) is 102 Å². The number of hydrogen-bond acceptors (Lipinski definition) is 4. The number of aromatic nitrogens is 3. The topological polar surface area (TPSA) is 92.1 Å². The third-order valence-corrected chi connectivity index (χ3v) is 4.50. The zero-order chi connectivity index (χ0) is 21.6. The average molecular weight is 412 g/mol. The second-order valence-corrected chi connectivity index (χ2v) is 6.65. The minimum atomic E-state index is -0.561. The Kier molecular flexibility index (Phi) is 5.70. The molecule has 3 amide bonds. The van der Waals surface area contributed by atoms with Crippen molar-refractivity contribution in [1.82, 2.24) is 25.8 Å². The fourth-order valence-electron chi connectivity index (χ4n) is 3.03. The molecule has 0 radical (unpaired) electrons. The number of nitrogens with zero attached hydrogens (tertiary/aromatic N) is 4. The first-order valence-corrected chi connectivity index (χ1v) is 9.63. The van der Waals surface area contributed by atoms with E-state index in [1.807, 2.05) is 91.0 Å². The molecule has 4 rings (SSSR count). The zero-order valence-electron chi connectivity index (χ0n) is 16.8. The molecule has 0 saturated heterocycles. The molecule has 8 heteroatoms. The van der Waals surface area contributed by atoms with Crippen LogP contribution < -0.4 is 15.8 Å². The van der Waals surface area contributed by atoms with Gasteiger partial charge in [-0.2, -0.15) is 9.90 Å². The Balaban J connectivity index is 1.51. The quantitative estimate of drug-likeness (QED) is 0.499. The smallest absolute Gasteiger partial charge is 0.265 e. The van der Waals surface area contributed by atoms with Gasteiger partial charge in [0.1, 0.15) is 0 Å². The van der Waals surface area contributed by atoms with Crippen LogP contribution in [0.15, 0.2) is 91.0 Å². The van der Waals surface area contributed by atoms with E-state index in [9.17, 15) is 9.59 Å². The average Bonchev–Trinajstić information content (AvgIpc) is 3.21. The van der Waals surface area contributed by atoms with Crippen LogP contribution in [0.4, 0.5) is 16.2 Å². The van der Waals surface area contributed by atoms with Gasteiger partial charge in [-0.3, -0.25) is 15.1 Å². The molecule has 0 unspecified atom stereocenters. The predicted molar refractivity (Wildman–Crippen MR) is 117 cm³/mol. The molecule has 8 nitrogen and oxygen atoms in total. The first kappa shape index (κ1) is 19.8. The van der Waals surface area contributed by atoms with Gasteiger partial charge in [0.15, 0.2) is 5.69 Å². The Morgan fingerprint density at radius 1 is 0.742 bits per heavy atom. The maximum Gasteiger partial charge on any atom is 0.345 e. The molecule has 1 aromatic heterocycles. The highest BCUT2D eigenvalue weighted by atomic mass is 16.2. The lowest BCUT2D eigenvalue weighted by atomic mass is 10.2. The van der Waals surface area contributed by atoms with E-state index in [0.29, 0.717) is 17.1 Å². The fraction of sp³-hybridized carbons (Fsp3) is 0.0435. The van der Waals surface area contributed by atoms with Gasteiger partial charge in [-0.1, -0.05) is 54.6 Å². The summed E-state index contributed by atoms with van der Waals surface area (Å²) in [5.74, 6) is -0.561. The van der Waals surface area contributed by atoms with Gasteiger partial charge in [0.05, 0.1) is 22.8 Å². The second-order valence-electron chi connectivity index (χ2n) is 6.65. The molecule has 0 fully saturated rings. The fourth-order valence-corrected chi connectivity index (χ4v) is 3.03. The van der Waals surface area contributed by atoms with Crippen LogP contribution in [0.5, 0.6) is 0 Å². The third kappa shape index (κ3) is 4.43. The van der Waals surface area contributed by atoms with E-state index >= 15 is 0 Å². The number of anilines is 2. The normalized spacial score (nSPS) is 10.4. The maximum atomic E-state index is 13.0. The molecule has 2 N–H and O–H groups in total. The number of aryl methyl sites for hydroxylation is 1. The van der Waals surface area contributed by atoms with Gasteiger partial charge >= 0.3 is 6.03 Å². The van der Waals surface area contributed by atoms with Crippen LogP contribution in [0.2, 0.25) is 0 Å². The van der Waals surface area contributed by atoms with Gasteiger partial charge in [-0.25, -0.2) is 10.2 Å². The summed E-state index contributed by atoms with van der Waals surface area (Å²) in [4.78, 5) is 28.4. The highest BCUT2D eigenvalue weighted by Gasteiger charge is 2.21. The van der Waals surface area contributed by atoms with E-state index in [4.69, 9.17) is 0 Å². The number of benzene rings is 3. The monoisotopic (exact) mass is 412 g/mol. The lowest BCUT2D eigenvalue weighted by Crippen LogP contribution is -2.47. The van der Waals surface area contributed by atoms with Gasteiger partial charge < -0.3 is 0 Å². The second kappa shape index (κ2) is 8.91. The lowest BCUT2D eigenvalue weighted by molar-refractivity contribution is 0.0931. The van der Waals surface area contributed by atoms with E-state index in [-0.39, 0.29) is 5.69 Å². The van der Waals surface area contributed by atoms with Gasteiger partial charge in [0, 0.05) is 0 Å². The molecule has 31 heavy (non-hydrogen) atoms. The van der Waals surface area contributed by atoms with Gasteiger partial charge in [0.2, 0.25) is 0 Å². The Labute approximate surface area is 179 Å². The number of carbonyl (C=O) groups is 2. The number of amides is 3. The summed E-state index contributed by atoms with van der Waals surface area (Å²) in [6.45, 7) is 1.68. The van der Waals surface area contributed by atoms with Crippen molar-refractivity contribution in [3.8, 4) is 5.69 Å². The highest BCUT2D eigenvalue weighted by Crippen LogP contribution is 2.24. The van der Waals surface area contributed by atoms with Crippen molar-refractivity contribution in [1.29, 1.82) is 0 Å². The first-order chi connectivity index (χ1) is 15.1. The van der Waals surface area contributed by atoms with Crippen molar-refractivity contribution >= 4 is 23.3 Å². The van der Waals surface area contributed by atoms with Gasteiger partial charge in [0.25, 0.3) is 5.91 Å². The Morgan fingerprint density at radius 2 is 1.26 bits per heavy atom. The van der Waals surface area contributed by atoms with Crippen molar-refractivity contribution in [2.75, 3.05) is 4.90 Å². The molecule has 0 aliphatic heterocycles. The van der Waals surface area contributed by atoms with Gasteiger partial charge in [-0.05, 0) is 43.3 Å². The molecular weight excluding hydrogens is 392 g/mol. The van der Waals surface area contributed by atoms with E-state index in [0.717, 1.165) is 5.69 Å². The maximum absolute atomic E-state index is 13.0. The molecule has 0 aliphatic rings. The third-order valence-electron chi connectivity index (χ3n) is 4.50. The predicted octanol–water partition coefficient (Wildman–Crippen LogP) is 3.77. The number of rotatable bonds is 4. The summed E-state index contributed by atoms with van der Waals surface area (Å²) in [6, 6.07) is 27.1. The van der Waals surface area contributed by atoms with Crippen LogP contribution in [0.3, 0.4) is 0 Å². The summed E-state index contributed by atoms with van der Waals surface area (Å²) >= 11 is 0. The minimum Gasteiger partial charge on any atom is -0.265 e. The molecule has 0 saturated carbocycles. The van der Waals surface area contributed by atoms with Crippen LogP contribution in [0, 0.1) is 6.92 Å². The number of hydrogen-bond donors (Lipinski definition) is 2. The number of carbonyl (C=O) groups excluding carboxylic acids is 2. The van der Waals surface area contributed by atoms with Crippen LogP contribution in [0.25, 0.3) is 5.69 Å². The molecule has 0 atom stereocenters. The van der Waals surface area contributed by atoms with Crippen LogP contribution in [-0.4, -0.2) is 26.9 Å². The Hall–Kier alpha value is -4.46. The molecule has 154 valence electrons. The Morgan fingerprint density at radius 3 is 1.81 bits per heavy atom. The molecule has 1 heterocycles. The molecule has 4 aromatic rings. The summed E-state index contributed by atoms with van der Waals surface area (Å²) in [5, 5.41) is 8.53. The SMILES string of the molecule is Cc1nn(-c2ccccc2)nc1C(=O)NNC(=O)N(c1ccccc1)c1ccccc1. The van der Waals surface area contributed by atoms with Crippen LogP contribution >= 0.6 is 0 Å². The Bertz CT molecular complexity index is 1140. The summed E-state index contributed by atoms with van der Waals surface area (Å²) in [6.07, 6.45) is 0. The largest absolute Gasteiger partial charge is 0.345 e. The number of hydrazine groups is 1. The van der Waals surface area contributed by atoms with E-state index < -0.39 is 11.9 Å². The van der Waals surface area contributed by atoms with Gasteiger partial charge in [-0.15, -0.1) is 5.10 Å². The number of urea groups is 1. The highest BCUT2D eigenvalue weighted by molar-refractivity contribution is 6.01. The molecule has 0 spiro atoms. The van der Waals surface area contributed by atoms with Crippen molar-refractivity contribution < 1.29 is 9.59 Å². The number of nitrogens with one attached hydrogen (secondary N) is 2. The summed E-state index contributed by atoms with van der Waals surface area (Å²) in [5.41, 5.74) is 7.50. The standard InChI is InChI=1S/C23H20N6O2/c1-17-21(27-29(26-17)20-15-9-4-10-16-20)22(30)24-25-23(31)28(18-11-5-2-6-12-18)19-13-7-3-8-14-19/h2-16H,1H3,(H,24,30)(H,25,31). The molecule has 3 aromatic carbocycles. The molecular formula is C23H20N6O2. The van der Waals surface area contributed by atoms with Crippen molar-refractivity contribution in [3.63, 3.8) is 0 Å². The minimum absolute atomic E-state index is 0.120. The van der Waals surface area contributed by atoms with Crippen molar-refractivity contribution in [2.45, 2.75) is 6.92 Å². The lowest BCUT2D eigenvalue weighted by Gasteiger charge is -2.23. The van der Waals surface area contributed by atoms with Crippen LogP contribution in [-0.2, 0) is 0 Å². The van der Waals surface area contributed by atoms with Crippen molar-refractivity contribution in [2.24, 2.45) is 0 Å². The summed E-state index contributed by atoms with van der Waals surface area (Å²) in [7, 11) is 0. The molecule has 0 bridgehead atoms. The molecule has 0 aliphatic carbocycles. The first-order valence-electron chi connectivity index (χ1n) is 9.63. The van der Waals surface area contributed by atoms with Crippen LogP contribution in [0.1, 0.15) is 16.2 Å². The number of para-hydroxylation sites is 3. The summed E-state index contributed by atoms with van der Waals surface area (Å²) < 4.78 is 0.